The van der Waals surface area contributed by atoms with Gasteiger partial charge >= 0.3 is 0 Å². The molecule has 0 amide bonds. The van der Waals surface area contributed by atoms with Crippen molar-refractivity contribution in [2.24, 2.45) is 0 Å². The average molecular weight is 219 g/mol. The van der Waals surface area contributed by atoms with E-state index in [0.717, 1.165) is 12.5 Å². The summed E-state index contributed by atoms with van der Waals surface area (Å²) in [7, 11) is 0. The predicted octanol–water partition coefficient (Wildman–Crippen LogP) is 2.42. The van der Waals surface area contributed by atoms with Crippen molar-refractivity contribution in [1.82, 2.24) is 5.32 Å². The van der Waals surface area contributed by atoms with Crippen molar-refractivity contribution in [2.45, 2.75) is 44.8 Å². The van der Waals surface area contributed by atoms with Gasteiger partial charge in [0, 0.05) is 13.1 Å². The summed E-state index contributed by atoms with van der Waals surface area (Å²) in [6, 6.07) is 8.84. The first-order valence-electron chi connectivity index (χ1n) is 6.06. The quantitative estimate of drug-likeness (QED) is 0.797. The summed E-state index contributed by atoms with van der Waals surface area (Å²) < 4.78 is 0. The van der Waals surface area contributed by atoms with Crippen molar-refractivity contribution in [3.8, 4) is 0 Å². The molecule has 2 heteroatoms. The molecule has 1 fully saturated rings. The highest BCUT2D eigenvalue weighted by Crippen LogP contribution is 2.39. The maximum atomic E-state index is 9.56. The fraction of sp³-hybridized carbons (Fsp3) is 0.571. The van der Waals surface area contributed by atoms with Crippen LogP contribution in [0.4, 0.5) is 0 Å². The molecule has 1 aromatic rings. The van der Waals surface area contributed by atoms with Gasteiger partial charge in [0.05, 0.1) is 5.60 Å². The Morgan fingerprint density at radius 3 is 2.38 bits per heavy atom. The van der Waals surface area contributed by atoms with Crippen molar-refractivity contribution < 1.29 is 5.11 Å². The molecular weight excluding hydrogens is 198 g/mol. The minimum Gasteiger partial charge on any atom is -0.389 e. The van der Waals surface area contributed by atoms with E-state index >= 15 is 0 Å². The van der Waals surface area contributed by atoms with E-state index in [4.69, 9.17) is 0 Å². The van der Waals surface area contributed by atoms with Crippen LogP contribution in [-0.4, -0.2) is 17.3 Å². The molecule has 2 rings (SSSR count). The van der Waals surface area contributed by atoms with E-state index in [0.29, 0.717) is 6.54 Å². The zero-order chi connectivity index (χ0) is 11.6. The van der Waals surface area contributed by atoms with E-state index < -0.39 is 5.60 Å². The van der Waals surface area contributed by atoms with Gasteiger partial charge in [-0.25, -0.2) is 0 Å². The first-order chi connectivity index (χ1) is 7.54. The summed E-state index contributed by atoms with van der Waals surface area (Å²) in [6.45, 7) is 5.08. The lowest BCUT2D eigenvalue weighted by Gasteiger charge is -2.17. The van der Waals surface area contributed by atoms with Crippen LogP contribution in [0.5, 0.6) is 0 Å². The van der Waals surface area contributed by atoms with Crippen molar-refractivity contribution in [3.63, 3.8) is 0 Å². The molecule has 0 unspecified atom stereocenters. The Bertz CT molecular complexity index is 333. The summed E-state index contributed by atoms with van der Waals surface area (Å²) in [6.07, 6.45) is 2.71. The maximum Gasteiger partial charge on any atom is 0.0715 e. The Labute approximate surface area is 97.7 Å². The summed E-state index contributed by atoms with van der Waals surface area (Å²) in [5.74, 6) is 0.832. The predicted molar refractivity (Wildman–Crippen MR) is 66.4 cm³/mol. The summed E-state index contributed by atoms with van der Waals surface area (Å²) in [4.78, 5) is 0. The Morgan fingerprint density at radius 2 is 1.88 bits per heavy atom. The molecule has 2 nitrogen and oxygen atoms in total. The summed E-state index contributed by atoms with van der Waals surface area (Å²) in [5.41, 5.74) is 2.13. The smallest absolute Gasteiger partial charge is 0.0715 e. The van der Waals surface area contributed by atoms with Crippen LogP contribution in [0.3, 0.4) is 0 Å². The fourth-order valence-electron chi connectivity index (χ4n) is 1.84. The SMILES string of the molecule is CC(C)(O)CNCc1ccc(C2CC2)cc1. The molecule has 1 aromatic carbocycles. The number of aliphatic hydroxyl groups is 1. The zero-order valence-corrected chi connectivity index (χ0v) is 10.2. The second-order valence-corrected chi connectivity index (χ2v) is 5.43. The first-order valence-corrected chi connectivity index (χ1v) is 6.06. The van der Waals surface area contributed by atoms with Crippen molar-refractivity contribution >= 4 is 0 Å². The highest BCUT2D eigenvalue weighted by atomic mass is 16.3. The Morgan fingerprint density at radius 1 is 1.25 bits per heavy atom. The van der Waals surface area contributed by atoms with Gasteiger partial charge < -0.3 is 10.4 Å². The number of rotatable bonds is 5. The standard InChI is InChI=1S/C14H21NO/c1-14(2,16)10-15-9-11-3-5-12(6-4-11)13-7-8-13/h3-6,13,15-16H,7-10H2,1-2H3. The number of benzene rings is 1. The van der Waals surface area contributed by atoms with Crippen LogP contribution in [0.15, 0.2) is 24.3 Å². The van der Waals surface area contributed by atoms with Gasteiger partial charge in [0.25, 0.3) is 0 Å². The molecular formula is C14H21NO. The van der Waals surface area contributed by atoms with Gasteiger partial charge in [-0.1, -0.05) is 24.3 Å². The van der Waals surface area contributed by atoms with Gasteiger partial charge in [-0.15, -0.1) is 0 Å². The molecule has 1 saturated carbocycles. The van der Waals surface area contributed by atoms with Gasteiger partial charge in [-0.2, -0.15) is 0 Å². The Hall–Kier alpha value is -0.860. The van der Waals surface area contributed by atoms with Gasteiger partial charge in [-0.3, -0.25) is 0 Å². The minimum absolute atomic E-state index is 0.622. The van der Waals surface area contributed by atoms with Crippen LogP contribution in [0.1, 0.15) is 43.7 Å². The Balaban J connectivity index is 1.81. The van der Waals surface area contributed by atoms with E-state index in [9.17, 15) is 5.11 Å². The third-order valence-corrected chi connectivity index (χ3v) is 2.92. The van der Waals surface area contributed by atoms with E-state index in [2.05, 4.69) is 29.6 Å². The molecule has 0 heterocycles. The summed E-state index contributed by atoms with van der Waals surface area (Å²) in [5, 5.41) is 12.8. The highest BCUT2D eigenvalue weighted by molar-refractivity contribution is 5.27. The molecule has 88 valence electrons. The minimum atomic E-state index is -0.631. The largest absolute Gasteiger partial charge is 0.389 e. The van der Waals surface area contributed by atoms with E-state index in [-0.39, 0.29) is 0 Å². The lowest BCUT2D eigenvalue weighted by molar-refractivity contribution is 0.0795. The lowest BCUT2D eigenvalue weighted by atomic mass is 10.1. The second kappa shape index (κ2) is 4.56. The van der Waals surface area contributed by atoms with Crippen molar-refractivity contribution in [3.05, 3.63) is 35.4 Å². The molecule has 16 heavy (non-hydrogen) atoms. The van der Waals surface area contributed by atoms with Gasteiger partial charge in [0.2, 0.25) is 0 Å². The van der Waals surface area contributed by atoms with Crippen LogP contribution in [0, 0.1) is 0 Å². The van der Waals surface area contributed by atoms with Gasteiger partial charge in [-0.05, 0) is 43.7 Å². The fourth-order valence-corrected chi connectivity index (χ4v) is 1.84. The van der Waals surface area contributed by atoms with Crippen LogP contribution >= 0.6 is 0 Å². The van der Waals surface area contributed by atoms with E-state index in [1.54, 1.807) is 0 Å². The first kappa shape index (κ1) is 11.6. The van der Waals surface area contributed by atoms with Gasteiger partial charge in [0.15, 0.2) is 0 Å². The molecule has 1 aliphatic rings. The third kappa shape index (κ3) is 3.62. The van der Waals surface area contributed by atoms with E-state index in [1.807, 2.05) is 13.8 Å². The topological polar surface area (TPSA) is 32.3 Å². The summed E-state index contributed by atoms with van der Waals surface area (Å²) >= 11 is 0. The monoisotopic (exact) mass is 219 g/mol. The number of hydrogen-bond donors (Lipinski definition) is 2. The van der Waals surface area contributed by atoms with Crippen molar-refractivity contribution in [1.29, 1.82) is 0 Å². The zero-order valence-electron chi connectivity index (χ0n) is 10.2. The molecule has 0 saturated heterocycles. The molecule has 0 bridgehead atoms. The molecule has 0 radical (unpaired) electrons. The molecule has 0 aromatic heterocycles. The molecule has 2 N–H and O–H groups in total. The third-order valence-electron chi connectivity index (χ3n) is 2.92. The number of hydrogen-bond acceptors (Lipinski definition) is 2. The van der Waals surface area contributed by atoms with Crippen LogP contribution in [0.25, 0.3) is 0 Å². The number of nitrogens with one attached hydrogen (secondary N) is 1. The highest BCUT2D eigenvalue weighted by Gasteiger charge is 2.22. The molecule has 0 spiro atoms. The van der Waals surface area contributed by atoms with E-state index in [1.165, 1.54) is 24.0 Å². The van der Waals surface area contributed by atoms with Crippen molar-refractivity contribution in [2.75, 3.05) is 6.54 Å². The van der Waals surface area contributed by atoms with Crippen LogP contribution in [0.2, 0.25) is 0 Å². The van der Waals surface area contributed by atoms with Gasteiger partial charge in [0.1, 0.15) is 0 Å². The molecule has 0 atom stereocenters. The van der Waals surface area contributed by atoms with Crippen LogP contribution < -0.4 is 5.32 Å². The second-order valence-electron chi connectivity index (χ2n) is 5.43. The lowest BCUT2D eigenvalue weighted by Crippen LogP contribution is -2.34. The Kier molecular flexibility index (Phi) is 3.31. The molecule has 1 aliphatic carbocycles. The normalized spacial score (nSPS) is 16.4. The maximum absolute atomic E-state index is 9.56. The average Bonchev–Trinajstić information content (AvgIpc) is 3.00. The molecule has 0 aliphatic heterocycles. The van der Waals surface area contributed by atoms with Crippen LogP contribution in [-0.2, 0) is 6.54 Å².